The zero-order valence-electron chi connectivity index (χ0n) is 13.2. The van der Waals surface area contributed by atoms with Gasteiger partial charge in [0.15, 0.2) is 20.8 Å². The van der Waals surface area contributed by atoms with Crippen molar-refractivity contribution in [1.29, 1.82) is 0 Å². The summed E-state index contributed by atoms with van der Waals surface area (Å²) in [6.07, 6.45) is 1.81. The number of imidazole rings is 1. The largest absolute Gasteiger partial charge is 0.496 e. The van der Waals surface area contributed by atoms with Crippen LogP contribution >= 0.6 is 22.6 Å². The number of benzene rings is 1. The second-order valence-corrected chi connectivity index (χ2v) is 6.39. The van der Waals surface area contributed by atoms with Crippen LogP contribution in [0.15, 0.2) is 30.6 Å². The molecule has 0 aliphatic heterocycles. The Hall–Kier alpha value is -1.90. The molecule has 1 aromatic carbocycles. The van der Waals surface area contributed by atoms with Crippen molar-refractivity contribution < 1.29 is 4.74 Å². The second kappa shape index (κ2) is 6.69. The van der Waals surface area contributed by atoms with E-state index in [1.54, 1.807) is 7.11 Å². The van der Waals surface area contributed by atoms with Crippen LogP contribution in [0.5, 0.6) is 5.75 Å². The summed E-state index contributed by atoms with van der Waals surface area (Å²) in [5.41, 5.74) is 2.70. The van der Waals surface area contributed by atoms with E-state index in [9.17, 15) is 0 Å². The Morgan fingerprint density at radius 1 is 1.26 bits per heavy atom. The van der Waals surface area contributed by atoms with E-state index in [2.05, 4.69) is 56.7 Å². The maximum Gasteiger partial charge on any atom is 0.194 e. The highest BCUT2D eigenvalue weighted by Gasteiger charge is 2.14. The van der Waals surface area contributed by atoms with Crippen LogP contribution in [-0.4, -0.2) is 26.6 Å². The minimum absolute atomic E-state index is 0.299. The Morgan fingerprint density at radius 3 is 2.78 bits per heavy atom. The van der Waals surface area contributed by atoms with Gasteiger partial charge in [-0.25, -0.2) is 15.0 Å². The normalized spacial score (nSPS) is 11.2. The molecule has 7 heteroatoms. The topological polar surface area (TPSA) is 64.9 Å². The molecule has 0 atom stereocenters. The van der Waals surface area contributed by atoms with E-state index >= 15 is 0 Å². The first-order valence-corrected chi connectivity index (χ1v) is 8.44. The van der Waals surface area contributed by atoms with E-state index < -0.39 is 0 Å². The quantitative estimate of drug-likeness (QED) is 0.502. The van der Waals surface area contributed by atoms with Gasteiger partial charge in [-0.15, -0.1) is 0 Å². The minimum atomic E-state index is 0.299. The van der Waals surface area contributed by atoms with Gasteiger partial charge in [0.1, 0.15) is 5.75 Å². The van der Waals surface area contributed by atoms with Gasteiger partial charge in [-0.3, -0.25) is 0 Å². The lowest BCUT2D eigenvalue weighted by Crippen LogP contribution is -2.07. The third-order valence-corrected chi connectivity index (χ3v) is 4.07. The minimum Gasteiger partial charge on any atom is -0.496 e. The van der Waals surface area contributed by atoms with Gasteiger partial charge in [0, 0.05) is 40.7 Å². The molecule has 1 N–H and O–H groups in total. The van der Waals surface area contributed by atoms with Gasteiger partial charge < -0.3 is 14.6 Å². The van der Waals surface area contributed by atoms with E-state index in [0.717, 1.165) is 28.3 Å². The summed E-state index contributed by atoms with van der Waals surface area (Å²) >= 11 is 2.13. The molecule has 0 radical (unpaired) electrons. The molecule has 0 saturated carbocycles. The number of rotatable bonds is 5. The molecular formula is C16H18IN5O. The summed E-state index contributed by atoms with van der Waals surface area (Å²) in [5.74, 6) is 1.59. The maximum absolute atomic E-state index is 5.39. The molecule has 0 fully saturated rings. The Bertz CT molecular complexity index is 830. The van der Waals surface area contributed by atoms with Gasteiger partial charge in [-0.2, -0.15) is 0 Å². The highest BCUT2D eigenvalue weighted by atomic mass is 127. The number of hydrogen-bond acceptors (Lipinski definition) is 5. The molecule has 0 bridgehead atoms. The number of ether oxygens (including phenoxy) is 1. The highest BCUT2D eigenvalue weighted by molar-refractivity contribution is 14.1. The Morgan fingerprint density at radius 2 is 2.04 bits per heavy atom. The molecule has 23 heavy (non-hydrogen) atoms. The lowest BCUT2D eigenvalue weighted by molar-refractivity contribution is 0.410. The van der Waals surface area contributed by atoms with Gasteiger partial charge in [-0.05, 0) is 19.9 Å². The number of fused-ring (bicyclic) bond motifs is 1. The smallest absolute Gasteiger partial charge is 0.194 e. The van der Waals surface area contributed by atoms with Crippen LogP contribution in [0.1, 0.15) is 25.5 Å². The summed E-state index contributed by atoms with van der Waals surface area (Å²) < 4.78 is 8.13. The molecule has 6 nitrogen and oxygen atoms in total. The monoisotopic (exact) mass is 423 g/mol. The molecular weight excluding hydrogens is 405 g/mol. The molecule has 0 saturated heterocycles. The second-order valence-electron chi connectivity index (χ2n) is 5.42. The SMILES string of the molecule is COc1ccccc1CNc1nc(I)nc2c1ncn2C(C)C. The molecule has 3 rings (SSSR count). The first-order chi connectivity index (χ1) is 11.1. The molecule has 120 valence electrons. The van der Waals surface area contributed by atoms with Gasteiger partial charge >= 0.3 is 0 Å². The first-order valence-electron chi connectivity index (χ1n) is 7.36. The summed E-state index contributed by atoms with van der Waals surface area (Å²) in [5, 5.41) is 3.36. The third-order valence-electron chi connectivity index (χ3n) is 3.59. The lowest BCUT2D eigenvalue weighted by atomic mass is 10.2. The molecule has 0 amide bonds. The Balaban J connectivity index is 1.94. The average Bonchev–Trinajstić information content (AvgIpc) is 2.96. The summed E-state index contributed by atoms with van der Waals surface area (Å²) in [6.45, 7) is 4.83. The van der Waals surface area contributed by atoms with Crippen LogP contribution in [0.2, 0.25) is 0 Å². The number of para-hydroxylation sites is 1. The van der Waals surface area contributed by atoms with Crippen molar-refractivity contribution in [3.05, 3.63) is 40.0 Å². The fourth-order valence-corrected chi connectivity index (χ4v) is 2.89. The van der Waals surface area contributed by atoms with Crippen molar-refractivity contribution in [2.75, 3.05) is 12.4 Å². The summed E-state index contributed by atoms with van der Waals surface area (Å²) in [7, 11) is 1.68. The number of nitrogens with zero attached hydrogens (tertiary/aromatic N) is 4. The van der Waals surface area contributed by atoms with Crippen LogP contribution in [0.3, 0.4) is 0 Å². The van der Waals surface area contributed by atoms with Crippen LogP contribution < -0.4 is 10.1 Å². The van der Waals surface area contributed by atoms with E-state index in [-0.39, 0.29) is 0 Å². The van der Waals surface area contributed by atoms with Gasteiger partial charge in [-0.1, -0.05) is 18.2 Å². The molecule has 2 aromatic heterocycles. The highest BCUT2D eigenvalue weighted by Crippen LogP contribution is 2.24. The maximum atomic E-state index is 5.39. The molecule has 0 aliphatic carbocycles. The van der Waals surface area contributed by atoms with Crippen LogP contribution in [0, 0.1) is 3.83 Å². The zero-order chi connectivity index (χ0) is 16.4. The van der Waals surface area contributed by atoms with Crippen molar-refractivity contribution in [1.82, 2.24) is 19.5 Å². The standard InChI is InChI=1S/C16H18IN5O/c1-10(2)22-9-19-13-14(20-16(17)21-15(13)22)18-8-11-6-4-5-7-12(11)23-3/h4-7,9-10H,8H2,1-3H3,(H,18,20,21). The third kappa shape index (κ3) is 3.24. The number of hydrogen-bond donors (Lipinski definition) is 1. The molecule has 2 heterocycles. The Labute approximate surface area is 148 Å². The average molecular weight is 423 g/mol. The summed E-state index contributed by atoms with van der Waals surface area (Å²) in [4.78, 5) is 13.5. The van der Waals surface area contributed by atoms with Crippen LogP contribution in [0.25, 0.3) is 11.2 Å². The molecule has 3 aromatic rings. The van der Waals surface area contributed by atoms with Gasteiger partial charge in [0.05, 0.1) is 13.4 Å². The fraction of sp³-hybridized carbons (Fsp3) is 0.312. The fourth-order valence-electron chi connectivity index (χ4n) is 2.42. The van der Waals surface area contributed by atoms with Crippen LogP contribution in [-0.2, 0) is 6.54 Å². The number of anilines is 1. The zero-order valence-corrected chi connectivity index (χ0v) is 15.4. The van der Waals surface area contributed by atoms with Crippen molar-refractivity contribution in [2.24, 2.45) is 0 Å². The molecule has 0 aliphatic rings. The summed E-state index contributed by atoms with van der Waals surface area (Å²) in [6, 6.07) is 8.23. The number of halogens is 1. The van der Waals surface area contributed by atoms with Gasteiger partial charge in [0.2, 0.25) is 0 Å². The Kier molecular flexibility index (Phi) is 4.65. The van der Waals surface area contributed by atoms with E-state index in [1.807, 2.05) is 35.2 Å². The predicted molar refractivity (Wildman–Crippen MR) is 98.7 cm³/mol. The van der Waals surface area contributed by atoms with Crippen molar-refractivity contribution in [3.8, 4) is 5.75 Å². The van der Waals surface area contributed by atoms with Crippen molar-refractivity contribution in [3.63, 3.8) is 0 Å². The first kappa shape index (κ1) is 16.0. The van der Waals surface area contributed by atoms with Crippen molar-refractivity contribution >= 4 is 39.6 Å². The van der Waals surface area contributed by atoms with Crippen LogP contribution in [0.4, 0.5) is 5.82 Å². The number of aromatic nitrogens is 4. The lowest BCUT2D eigenvalue weighted by Gasteiger charge is -2.11. The van der Waals surface area contributed by atoms with Crippen molar-refractivity contribution in [2.45, 2.75) is 26.4 Å². The molecule has 0 spiro atoms. The predicted octanol–water partition coefficient (Wildman–Crippen LogP) is 3.63. The number of nitrogens with one attached hydrogen (secondary N) is 1. The van der Waals surface area contributed by atoms with E-state index in [1.165, 1.54) is 0 Å². The number of methoxy groups -OCH3 is 1. The van der Waals surface area contributed by atoms with Gasteiger partial charge in [0.25, 0.3) is 0 Å². The van der Waals surface area contributed by atoms with E-state index in [0.29, 0.717) is 16.4 Å². The van der Waals surface area contributed by atoms with E-state index in [4.69, 9.17) is 4.74 Å². The molecule has 0 unspecified atom stereocenters.